The van der Waals surface area contributed by atoms with Gasteiger partial charge in [-0.15, -0.1) is 0 Å². The molecule has 0 aliphatic rings. The average Bonchev–Trinajstić information content (AvgIpc) is 2.59. The van der Waals surface area contributed by atoms with E-state index in [1.165, 1.54) is 6.07 Å². The Morgan fingerprint density at radius 3 is 2.62 bits per heavy atom. The average molecular weight is 375 g/mol. The molecule has 1 amide bonds. The molecule has 0 saturated heterocycles. The second-order valence-corrected chi connectivity index (χ2v) is 6.69. The van der Waals surface area contributed by atoms with Crippen LogP contribution >= 0.6 is 11.8 Å². The van der Waals surface area contributed by atoms with E-state index in [4.69, 9.17) is 4.74 Å². The van der Waals surface area contributed by atoms with Crippen LogP contribution in [0, 0.1) is 6.92 Å². The normalized spacial score (nSPS) is 11.7. The molecule has 138 valence electrons. The first-order chi connectivity index (χ1) is 12.4. The summed E-state index contributed by atoms with van der Waals surface area (Å²) in [6.07, 6.45) is 0.610. The molecule has 1 aromatic carbocycles. The molecule has 0 aliphatic heterocycles. The summed E-state index contributed by atoms with van der Waals surface area (Å²) in [7, 11) is 0. The number of nitrogens with one attached hydrogen (secondary N) is 2. The summed E-state index contributed by atoms with van der Waals surface area (Å²) in [5, 5.41) is 3.12. The predicted molar refractivity (Wildman–Crippen MR) is 101 cm³/mol. The van der Waals surface area contributed by atoms with Crippen LogP contribution in [0.3, 0.4) is 0 Å². The maximum atomic E-state index is 12.0. The van der Waals surface area contributed by atoms with E-state index in [0.29, 0.717) is 22.1 Å². The number of hydrogen-bond donors (Lipinski definition) is 2. The van der Waals surface area contributed by atoms with Crippen molar-refractivity contribution in [3.63, 3.8) is 0 Å². The van der Waals surface area contributed by atoms with Gasteiger partial charge in [-0.1, -0.05) is 18.7 Å². The molecular weight excluding hydrogens is 354 g/mol. The summed E-state index contributed by atoms with van der Waals surface area (Å²) in [6.45, 7) is 5.49. The van der Waals surface area contributed by atoms with Crippen LogP contribution in [0.1, 0.15) is 36.3 Å². The van der Waals surface area contributed by atoms with Crippen molar-refractivity contribution in [1.82, 2.24) is 9.97 Å². The van der Waals surface area contributed by atoms with E-state index in [1.54, 1.807) is 31.2 Å². The minimum absolute atomic E-state index is 0.101. The zero-order chi connectivity index (χ0) is 19.1. The fraction of sp³-hybridized carbons (Fsp3) is 0.333. The van der Waals surface area contributed by atoms with Crippen LogP contribution in [-0.2, 0) is 9.53 Å². The first kappa shape index (κ1) is 19.7. The first-order valence-corrected chi connectivity index (χ1v) is 9.17. The van der Waals surface area contributed by atoms with E-state index < -0.39 is 0 Å². The summed E-state index contributed by atoms with van der Waals surface area (Å²) in [4.78, 5) is 42.0. The van der Waals surface area contributed by atoms with Gasteiger partial charge in [-0.3, -0.25) is 9.59 Å². The minimum atomic E-state index is -0.387. The smallest absolute Gasteiger partial charge is 0.338 e. The highest BCUT2D eigenvalue weighted by molar-refractivity contribution is 7.99. The summed E-state index contributed by atoms with van der Waals surface area (Å²) < 4.78 is 5.25. The number of rotatable bonds is 7. The largest absolute Gasteiger partial charge is 0.459 e. The number of thioether (sulfide) groups is 1. The molecule has 2 rings (SSSR count). The number of carbonyl (C=O) groups is 2. The Bertz CT molecular complexity index is 833. The third-order valence-electron chi connectivity index (χ3n) is 3.48. The van der Waals surface area contributed by atoms with Crippen molar-refractivity contribution >= 4 is 29.3 Å². The van der Waals surface area contributed by atoms with Crippen LogP contribution in [0.4, 0.5) is 5.69 Å². The summed E-state index contributed by atoms with van der Waals surface area (Å²) >= 11 is 1.14. The van der Waals surface area contributed by atoms with E-state index in [0.717, 1.165) is 18.2 Å². The quantitative estimate of drug-likeness (QED) is 0.438. The van der Waals surface area contributed by atoms with Crippen LogP contribution in [0.5, 0.6) is 0 Å². The number of aromatic amines is 1. The minimum Gasteiger partial charge on any atom is -0.459 e. The zero-order valence-electron chi connectivity index (χ0n) is 14.9. The number of carbonyl (C=O) groups excluding carboxylic acids is 2. The Kier molecular flexibility index (Phi) is 6.97. The van der Waals surface area contributed by atoms with Gasteiger partial charge < -0.3 is 15.0 Å². The highest BCUT2D eigenvalue weighted by Gasteiger charge is 2.11. The number of amides is 1. The first-order valence-electron chi connectivity index (χ1n) is 8.19. The topological polar surface area (TPSA) is 101 Å². The second kappa shape index (κ2) is 9.19. The molecule has 8 heteroatoms. The third kappa shape index (κ3) is 6.03. The molecule has 1 unspecified atom stereocenters. The highest BCUT2D eigenvalue weighted by Crippen LogP contribution is 2.14. The molecule has 1 aromatic heterocycles. The van der Waals surface area contributed by atoms with Gasteiger partial charge in [0.05, 0.1) is 17.4 Å². The van der Waals surface area contributed by atoms with Crippen molar-refractivity contribution < 1.29 is 14.3 Å². The maximum absolute atomic E-state index is 12.0. The van der Waals surface area contributed by atoms with E-state index >= 15 is 0 Å². The number of benzene rings is 1. The molecule has 2 N–H and O–H groups in total. The van der Waals surface area contributed by atoms with Crippen LogP contribution in [0.25, 0.3) is 0 Å². The zero-order valence-corrected chi connectivity index (χ0v) is 15.7. The van der Waals surface area contributed by atoms with Gasteiger partial charge in [-0.05, 0) is 44.5 Å². The van der Waals surface area contributed by atoms with Crippen LogP contribution in [0.15, 0.2) is 40.3 Å². The molecule has 1 heterocycles. The molecule has 0 bridgehead atoms. The van der Waals surface area contributed by atoms with E-state index in [-0.39, 0.29) is 29.3 Å². The standard InChI is InChI=1S/C18H21N3O4S/c1-4-12(3)25-17(24)13-5-7-14(8-6-13)20-16(23)10-26-18-19-11(2)9-15(22)21-18/h5-9,12H,4,10H2,1-3H3,(H,20,23)(H,19,21,22). The lowest BCUT2D eigenvalue weighted by molar-refractivity contribution is -0.113. The Morgan fingerprint density at radius 2 is 2.00 bits per heavy atom. The number of ether oxygens (including phenoxy) is 1. The van der Waals surface area contributed by atoms with Crippen molar-refractivity contribution in [3.05, 3.63) is 51.9 Å². The Morgan fingerprint density at radius 1 is 1.31 bits per heavy atom. The molecule has 0 fully saturated rings. The van der Waals surface area contributed by atoms with Crippen LogP contribution < -0.4 is 10.9 Å². The van der Waals surface area contributed by atoms with Crippen LogP contribution in [0.2, 0.25) is 0 Å². The van der Waals surface area contributed by atoms with Gasteiger partial charge in [0.1, 0.15) is 0 Å². The van der Waals surface area contributed by atoms with E-state index in [9.17, 15) is 14.4 Å². The number of nitrogens with zero attached hydrogens (tertiary/aromatic N) is 1. The lowest BCUT2D eigenvalue weighted by atomic mass is 10.2. The number of H-pyrrole nitrogens is 1. The summed E-state index contributed by atoms with van der Waals surface area (Å²) in [5.41, 5.74) is 1.34. The molecular formula is C18H21N3O4S. The molecule has 0 radical (unpaired) electrons. The number of aromatic nitrogens is 2. The maximum Gasteiger partial charge on any atom is 0.338 e. The van der Waals surface area contributed by atoms with Crippen molar-refractivity contribution in [2.75, 3.05) is 11.1 Å². The molecule has 26 heavy (non-hydrogen) atoms. The fourth-order valence-electron chi connectivity index (χ4n) is 1.97. The van der Waals surface area contributed by atoms with Crippen molar-refractivity contribution in [3.8, 4) is 0 Å². The fourth-order valence-corrected chi connectivity index (χ4v) is 2.70. The molecule has 2 aromatic rings. The van der Waals surface area contributed by atoms with Crippen molar-refractivity contribution in [2.45, 2.75) is 38.5 Å². The molecule has 1 atom stereocenters. The summed E-state index contributed by atoms with van der Waals surface area (Å²) in [5.74, 6) is -0.527. The van der Waals surface area contributed by atoms with Gasteiger partial charge in [0.2, 0.25) is 5.91 Å². The Hall–Kier alpha value is -2.61. The Labute approximate surface area is 155 Å². The van der Waals surface area contributed by atoms with Gasteiger partial charge in [0.15, 0.2) is 5.16 Å². The monoisotopic (exact) mass is 375 g/mol. The van der Waals surface area contributed by atoms with E-state index in [2.05, 4.69) is 15.3 Å². The molecule has 0 saturated carbocycles. The number of esters is 1. The van der Waals surface area contributed by atoms with Gasteiger partial charge in [0, 0.05) is 17.4 Å². The number of hydrogen-bond acceptors (Lipinski definition) is 6. The lowest BCUT2D eigenvalue weighted by Gasteiger charge is -2.11. The number of aryl methyl sites for hydroxylation is 1. The van der Waals surface area contributed by atoms with E-state index in [1.807, 2.05) is 13.8 Å². The van der Waals surface area contributed by atoms with Crippen molar-refractivity contribution in [2.24, 2.45) is 0 Å². The molecule has 0 aliphatic carbocycles. The van der Waals surface area contributed by atoms with Crippen molar-refractivity contribution in [1.29, 1.82) is 0 Å². The van der Waals surface area contributed by atoms with Gasteiger partial charge in [-0.25, -0.2) is 9.78 Å². The second-order valence-electron chi connectivity index (χ2n) is 5.73. The molecule has 7 nitrogen and oxygen atoms in total. The Balaban J connectivity index is 1.89. The number of anilines is 1. The third-order valence-corrected chi connectivity index (χ3v) is 4.35. The molecule has 0 spiro atoms. The van der Waals surface area contributed by atoms with Gasteiger partial charge >= 0.3 is 5.97 Å². The van der Waals surface area contributed by atoms with Gasteiger partial charge in [0.25, 0.3) is 5.56 Å². The van der Waals surface area contributed by atoms with Gasteiger partial charge in [-0.2, -0.15) is 0 Å². The highest BCUT2D eigenvalue weighted by atomic mass is 32.2. The summed E-state index contributed by atoms with van der Waals surface area (Å²) in [6, 6.07) is 7.88. The predicted octanol–water partition coefficient (Wildman–Crippen LogP) is 2.76. The SMILES string of the molecule is CCC(C)OC(=O)c1ccc(NC(=O)CSc2nc(C)cc(=O)[nH]2)cc1. The van der Waals surface area contributed by atoms with Crippen LogP contribution in [-0.4, -0.2) is 33.7 Å². The lowest BCUT2D eigenvalue weighted by Crippen LogP contribution is -2.16.